The first-order chi connectivity index (χ1) is 17.6. The lowest BCUT2D eigenvalue weighted by Gasteiger charge is -2.13. The van der Waals surface area contributed by atoms with Gasteiger partial charge in [-0.3, -0.25) is 9.25 Å². The fraction of sp³-hybridized carbons (Fsp3) is 0.240. The number of nitrogens with zero attached hydrogens (tertiary/aromatic N) is 7. The number of nitrogens with one attached hydrogen (secondary N) is 1. The molecule has 0 fully saturated rings. The predicted octanol–water partition coefficient (Wildman–Crippen LogP) is 5.05. The van der Waals surface area contributed by atoms with Gasteiger partial charge in [-0.25, -0.2) is 9.97 Å². The minimum absolute atomic E-state index is 0.358. The van der Waals surface area contributed by atoms with Crippen LogP contribution < -0.4 is 5.32 Å². The lowest BCUT2D eigenvalue weighted by molar-refractivity contribution is -0.142. The van der Waals surface area contributed by atoms with Gasteiger partial charge in [0.25, 0.3) is 0 Å². The third-order valence-electron chi connectivity index (χ3n) is 5.77. The minimum atomic E-state index is -4.41. The molecule has 5 rings (SSSR count). The molecular formula is C25H23F3N8O. The van der Waals surface area contributed by atoms with Gasteiger partial charge in [0.2, 0.25) is 0 Å². The number of aliphatic hydroxyl groups excluding tert-OH is 1. The summed E-state index contributed by atoms with van der Waals surface area (Å²) in [5.41, 5.74) is 4.69. The highest BCUT2D eigenvalue weighted by molar-refractivity contribution is 5.82. The molecule has 9 nitrogen and oxygen atoms in total. The molecule has 0 bridgehead atoms. The molecule has 0 spiro atoms. The predicted molar refractivity (Wildman–Crippen MR) is 132 cm³/mol. The molecule has 4 aromatic heterocycles. The Balaban J connectivity index is 1.52. The monoisotopic (exact) mass is 508 g/mol. The van der Waals surface area contributed by atoms with Crippen molar-refractivity contribution in [1.29, 1.82) is 0 Å². The standard InChI is InChI=1S/C25H23F3N8O/c1-14-4-8-22(33-32-14)30-17-5-7-21-20(10-17)29-13-36(21)23-9-6-18(16(3)37)24(31-23)19-11-35(34-15(19)2)12-25(26,27)28/h4-11,13,16,37H,12H2,1-3H3,(H,30,33)/t16-/m0/s1. The number of aryl methyl sites for hydroxylation is 2. The normalized spacial score (nSPS) is 12.7. The lowest BCUT2D eigenvalue weighted by atomic mass is 10.0. The van der Waals surface area contributed by atoms with Gasteiger partial charge in [0.05, 0.1) is 34.2 Å². The summed E-state index contributed by atoms with van der Waals surface area (Å²) in [5, 5.41) is 25.7. The first kappa shape index (κ1) is 24.4. The third kappa shape index (κ3) is 5.14. The molecule has 0 unspecified atom stereocenters. The number of aliphatic hydroxyl groups is 1. The van der Waals surface area contributed by atoms with Crippen LogP contribution in [0.2, 0.25) is 0 Å². The maximum Gasteiger partial charge on any atom is 0.408 e. The number of imidazole rings is 1. The molecule has 5 aromatic rings. The number of anilines is 2. The molecule has 0 aliphatic carbocycles. The van der Waals surface area contributed by atoms with E-state index in [1.165, 1.54) is 6.20 Å². The Hall–Kier alpha value is -4.32. The summed E-state index contributed by atoms with van der Waals surface area (Å²) in [7, 11) is 0. The van der Waals surface area contributed by atoms with Crippen LogP contribution >= 0.6 is 0 Å². The van der Waals surface area contributed by atoms with E-state index < -0.39 is 18.8 Å². The Morgan fingerprint density at radius 1 is 1.05 bits per heavy atom. The molecule has 190 valence electrons. The van der Waals surface area contributed by atoms with Crippen molar-refractivity contribution in [2.75, 3.05) is 5.32 Å². The second-order valence-electron chi connectivity index (χ2n) is 8.73. The molecule has 2 N–H and O–H groups in total. The molecule has 37 heavy (non-hydrogen) atoms. The topological polar surface area (TPSA) is 107 Å². The largest absolute Gasteiger partial charge is 0.408 e. The molecule has 4 heterocycles. The number of rotatable bonds is 6. The van der Waals surface area contributed by atoms with Gasteiger partial charge in [-0.2, -0.15) is 23.4 Å². The van der Waals surface area contributed by atoms with Crippen LogP contribution in [0.15, 0.2) is 55.0 Å². The molecule has 12 heteroatoms. The van der Waals surface area contributed by atoms with Gasteiger partial charge in [-0.05, 0) is 57.2 Å². The van der Waals surface area contributed by atoms with Crippen LogP contribution in [0.4, 0.5) is 24.7 Å². The van der Waals surface area contributed by atoms with Crippen LogP contribution in [-0.4, -0.2) is 45.8 Å². The molecule has 0 saturated carbocycles. The van der Waals surface area contributed by atoms with Gasteiger partial charge >= 0.3 is 6.18 Å². The van der Waals surface area contributed by atoms with Crippen molar-refractivity contribution < 1.29 is 18.3 Å². The van der Waals surface area contributed by atoms with E-state index in [1.54, 1.807) is 36.9 Å². The van der Waals surface area contributed by atoms with Crippen molar-refractivity contribution in [1.82, 2.24) is 34.5 Å². The Morgan fingerprint density at radius 3 is 2.57 bits per heavy atom. The van der Waals surface area contributed by atoms with E-state index in [0.717, 1.165) is 21.6 Å². The maximum atomic E-state index is 12.9. The zero-order chi connectivity index (χ0) is 26.3. The molecule has 0 radical (unpaired) electrons. The molecule has 0 aliphatic heterocycles. The Labute approximate surface area is 209 Å². The van der Waals surface area contributed by atoms with Crippen LogP contribution in [0, 0.1) is 13.8 Å². The van der Waals surface area contributed by atoms with Gasteiger partial charge in [-0.15, -0.1) is 5.10 Å². The Bertz CT molecular complexity index is 1570. The van der Waals surface area contributed by atoms with Crippen molar-refractivity contribution in [2.45, 2.75) is 39.6 Å². The van der Waals surface area contributed by atoms with E-state index in [9.17, 15) is 18.3 Å². The number of benzene rings is 1. The van der Waals surface area contributed by atoms with Crippen molar-refractivity contribution >= 4 is 22.5 Å². The van der Waals surface area contributed by atoms with E-state index in [-0.39, 0.29) is 0 Å². The summed E-state index contributed by atoms with van der Waals surface area (Å²) in [6.45, 7) is 3.84. The zero-order valence-electron chi connectivity index (χ0n) is 20.2. The van der Waals surface area contributed by atoms with Crippen molar-refractivity contribution in [2.24, 2.45) is 0 Å². The Morgan fingerprint density at radius 2 is 1.86 bits per heavy atom. The summed E-state index contributed by atoms with van der Waals surface area (Å²) < 4.78 is 41.4. The van der Waals surface area contributed by atoms with Gasteiger partial charge in [0.15, 0.2) is 5.82 Å². The number of fused-ring (bicyclic) bond motifs is 1. The zero-order valence-corrected chi connectivity index (χ0v) is 20.2. The smallest absolute Gasteiger partial charge is 0.389 e. The Kier molecular flexibility index (Phi) is 6.12. The quantitative estimate of drug-likeness (QED) is 0.331. The summed E-state index contributed by atoms with van der Waals surface area (Å²) >= 11 is 0. The van der Waals surface area contributed by atoms with E-state index in [2.05, 4.69) is 25.6 Å². The summed E-state index contributed by atoms with van der Waals surface area (Å²) in [6, 6.07) is 12.7. The highest BCUT2D eigenvalue weighted by atomic mass is 19.4. The van der Waals surface area contributed by atoms with Crippen molar-refractivity contribution in [3.63, 3.8) is 0 Å². The van der Waals surface area contributed by atoms with Crippen LogP contribution in [-0.2, 0) is 6.54 Å². The fourth-order valence-electron chi connectivity index (χ4n) is 4.05. The first-order valence-electron chi connectivity index (χ1n) is 11.4. The average molecular weight is 509 g/mol. The van der Waals surface area contributed by atoms with E-state index >= 15 is 0 Å². The highest BCUT2D eigenvalue weighted by Crippen LogP contribution is 2.31. The van der Waals surface area contributed by atoms with Crippen LogP contribution in [0.3, 0.4) is 0 Å². The number of aromatic nitrogens is 7. The van der Waals surface area contributed by atoms with Crippen LogP contribution in [0.25, 0.3) is 28.1 Å². The number of hydrogen-bond acceptors (Lipinski definition) is 7. The first-order valence-corrected chi connectivity index (χ1v) is 11.4. The van der Waals surface area contributed by atoms with E-state index in [4.69, 9.17) is 4.98 Å². The molecular weight excluding hydrogens is 485 g/mol. The van der Waals surface area contributed by atoms with Crippen LogP contribution in [0.5, 0.6) is 0 Å². The number of halogens is 3. The molecule has 1 atom stereocenters. The number of alkyl halides is 3. The molecule has 0 aliphatic rings. The highest BCUT2D eigenvalue weighted by Gasteiger charge is 2.29. The average Bonchev–Trinajstić information content (AvgIpc) is 3.41. The second kappa shape index (κ2) is 9.28. The number of pyridine rings is 1. The molecule has 1 aromatic carbocycles. The SMILES string of the molecule is Cc1ccc(Nc2ccc3c(c2)ncn3-c2ccc([C@H](C)O)c(-c3cn(CC(F)(F)F)nc3C)n2)nn1. The molecule has 0 saturated heterocycles. The van der Waals surface area contributed by atoms with Gasteiger partial charge in [0, 0.05) is 23.0 Å². The number of hydrogen-bond donors (Lipinski definition) is 2. The lowest BCUT2D eigenvalue weighted by Crippen LogP contribution is -2.17. The van der Waals surface area contributed by atoms with Gasteiger partial charge in [-0.1, -0.05) is 6.07 Å². The third-order valence-corrected chi connectivity index (χ3v) is 5.77. The maximum absolute atomic E-state index is 12.9. The van der Waals surface area contributed by atoms with Crippen LogP contribution in [0.1, 0.15) is 30.0 Å². The minimum Gasteiger partial charge on any atom is -0.389 e. The fourth-order valence-corrected chi connectivity index (χ4v) is 4.05. The van der Waals surface area contributed by atoms with E-state index in [1.807, 2.05) is 37.3 Å². The summed E-state index contributed by atoms with van der Waals surface area (Å²) in [5.74, 6) is 1.10. The van der Waals surface area contributed by atoms with Crippen molar-refractivity contribution in [3.05, 3.63) is 71.9 Å². The second-order valence-corrected chi connectivity index (χ2v) is 8.73. The van der Waals surface area contributed by atoms with Crippen molar-refractivity contribution in [3.8, 4) is 17.1 Å². The summed E-state index contributed by atoms with van der Waals surface area (Å²) in [6.07, 6.45) is -2.37. The van der Waals surface area contributed by atoms with E-state index in [0.29, 0.717) is 39.7 Å². The molecule has 0 amide bonds. The summed E-state index contributed by atoms with van der Waals surface area (Å²) in [4.78, 5) is 9.21. The van der Waals surface area contributed by atoms with Gasteiger partial charge in [0.1, 0.15) is 18.7 Å². The van der Waals surface area contributed by atoms with Gasteiger partial charge < -0.3 is 10.4 Å².